The largest absolute Gasteiger partial charge is 0.332 e. The molecule has 6 nitrogen and oxygen atoms in total. The average Bonchev–Trinajstić information content (AvgIpc) is 1.65. The predicted molar refractivity (Wildman–Crippen MR) is 353 cm³/mol. The summed E-state index contributed by atoms with van der Waals surface area (Å²) in [6.07, 6.45) is 9.24. The Morgan fingerprint density at radius 2 is 0.667 bits per heavy atom. The number of para-hydroxylation sites is 7. The van der Waals surface area contributed by atoms with E-state index >= 15 is 0 Å². The summed E-state index contributed by atoms with van der Waals surface area (Å²) in [5, 5.41) is 17.7. The fourth-order valence-electron chi connectivity index (χ4n) is 16.4. The molecule has 21 rings (SSSR count). The van der Waals surface area contributed by atoms with Gasteiger partial charge in [0, 0.05) is 110 Å². The van der Waals surface area contributed by atoms with Crippen molar-refractivity contribution < 1.29 is 0 Å². The number of benzene rings is 12. The van der Waals surface area contributed by atoms with Crippen molar-refractivity contribution in [2.75, 3.05) is 9.80 Å². The van der Waals surface area contributed by atoms with Crippen molar-refractivity contribution in [2.45, 2.75) is 12.0 Å². The molecule has 0 N–H and O–H groups in total. The van der Waals surface area contributed by atoms with Crippen LogP contribution in [0.25, 0.3) is 136 Å². The lowest BCUT2D eigenvalue weighted by molar-refractivity contribution is 0.615. The van der Waals surface area contributed by atoms with Gasteiger partial charge in [0.05, 0.1) is 72.6 Å². The van der Waals surface area contributed by atoms with E-state index in [0.29, 0.717) is 0 Å². The van der Waals surface area contributed by atoms with Gasteiger partial charge in [-0.1, -0.05) is 164 Å². The molecule has 12 aromatic carbocycles. The maximum Gasteiger partial charge on any atom is 0.0630 e. The van der Waals surface area contributed by atoms with Gasteiger partial charge in [0.1, 0.15) is 0 Å². The molecular formula is C78H46N6. The number of anilines is 6. The summed E-state index contributed by atoms with van der Waals surface area (Å²) in [7, 11) is 0. The fourth-order valence-corrected chi connectivity index (χ4v) is 16.4. The zero-order valence-electron chi connectivity index (χ0n) is 45.2. The lowest BCUT2D eigenvalue weighted by atomic mass is 9.89. The molecule has 388 valence electrons. The van der Waals surface area contributed by atoms with Crippen molar-refractivity contribution in [1.82, 2.24) is 17.8 Å². The van der Waals surface area contributed by atoms with Gasteiger partial charge in [0.15, 0.2) is 0 Å². The lowest BCUT2D eigenvalue weighted by Crippen LogP contribution is -2.11. The SMILES string of the molecule is C1=CC2c3cc(N(c4ccccc4)c4cccc5c4c4cccc6c7cc8c(cc7n5c64)c4cccc5c6c(N(c7ccccc7)c7cc9c%10ccccc%10n%10c%11ccccc%11c(c7)c9%10)cccc6n8c45)cc4c5ccccc5n(c34)C2C=C1. The van der Waals surface area contributed by atoms with Crippen LogP contribution in [0.2, 0.25) is 0 Å². The van der Waals surface area contributed by atoms with Gasteiger partial charge in [-0.2, -0.15) is 0 Å². The fraction of sp³-hybridized carbons (Fsp3) is 0.0256. The van der Waals surface area contributed by atoms with E-state index in [4.69, 9.17) is 0 Å². The van der Waals surface area contributed by atoms with Crippen molar-refractivity contribution in [3.8, 4) is 0 Å². The Morgan fingerprint density at radius 3 is 1.23 bits per heavy atom. The molecule has 7 aromatic heterocycles. The van der Waals surface area contributed by atoms with Crippen LogP contribution in [-0.4, -0.2) is 17.8 Å². The third-order valence-corrected chi connectivity index (χ3v) is 19.6. The minimum absolute atomic E-state index is 0.248. The van der Waals surface area contributed by atoms with Gasteiger partial charge in [-0.05, 0) is 109 Å². The Bertz CT molecular complexity index is 6050. The van der Waals surface area contributed by atoms with Crippen LogP contribution in [0.5, 0.6) is 0 Å². The molecule has 84 heavy (non-hydrogen) atoms. The van der Waals surface area contributed by atoms with Crippen LogP contribution in [0, 0.1) is 0 Å². The van der Waals surface area contributed by atoms with Crippen LogP contribution in [0.15, 0.2) is 267 Å². The van der Waals surface area contributed by atoms with Crippen molar-refractivity contribution in [1.29, 1.82) is 0 Å². The summed E-state index contributed by atoms with van der Waals surface area (Å²) >= 11 is 0. The maximum atomic E-state index is 2.59. The molecule has 19 aromatic rings. The Kier molecular flexibility index (Phi) is 8.04. The highest BCUT2D eigenvalue weighted by Crippen LogP contribution is 2.55. The van der Waals surface area contributed by atoms with Crippen LogP contribution in [-0.2, 0) is 0 Å². The maximum absolute atomic E-state index is 2.59. The average molecular weight is 1070 g/mol. The van der Waals surface area contributed by atoms with Gasteiger partial charge in [0.2, 0.25) is 0 Å². The Balaban J connectivity index is 0.795. The molecule has 0 spiro atoms. The molecular weight excluding hydrogens is 1020 g/mol. The summed E-state index contributed by atoms with van der Waals surface area (Å²) in [4.78, 5) is 5.03. The van der Waals surface area contributed by atoms with Crippen LogP contribution in [0.3, 0.4) is 0 Å². The van der Waals surface area contributed by atoms with E-state index < -0.39 is 0 Å². The van der Waals surface area contributed by atoms with E-state index in [1.165, 1.54) is 153 Å². The monoisotopic (exact) mass is 1070 g/mol. The molecule has 0 radical (unpaired) electrons. The number of allylic oxidation sites excluding steroid dienone is 4. The second-order valence-electron chi connectivity index (χ2n) is 23.5. The van der Waals surface area contributed by atoms with Gasteiger partial charge in [-0.15, -0.1) is 0 Å². The third kappa shape index (κ3) is 5.25. The van der Waals surface area contributed by atoms with E-state index in [1.54, 1.807) is 0 Å². The van der Waals surface area contributed by atoms with Crippen LogP contribution in [0.4, 0.5) is 34.1 Å². The topological polar surface area (TPSA) is 24.6 Å². The molecule has 1 aliphatic carbocycles. The van der Waals surface area contributed by atoms with E-state index in [-0.39, 0.29) is 12.0 Å². The Morgan fingerprint density at radius 1 is 0.262 bits per heavy atom. The summed E-state index contributed by atoms with van der Waals surface area (Å²) in [5.74, 6) is 0.262. The zero-order chi connectivity index (χ0) is 54.2. The summed E-state index contributed by atoms with van der Waals surface area (Å²) < 4.78 is 10.2. The number of hydrogen-bond acceptors (Lipinski definition) is 2. The zero-order valence-corrected chi connectivity index (χ0v) is 45.2. The summed E-state index contributed by atoms with van der Waals surface area (Å²) in [6, 6.07) is 91.6. The summed E-state index contributed by atoms with van der Waals surface area (Å²) in [6.45, 7) is 0. The predicted octanol–water partition coefficient (Wildman–Crippen LogP) is 20.9. The first-order valence-corrected chi connectivity index (χ1v) is 29.3. The molecule has 0 saturated carbocycles. The first-order valence-electron chi connectivity index (χ1n) is 29.3. The van der Waals surface area contributed by atoms with Gasteiger partial charge < -0.3 is 27.6 Å². The quantitative estimate of drug-likeness (QED) is 0.166. The number of hydrogen-bond donors (Lipinski definition) is 0. The van der Waals surface area contributed by atoms with Crippen molar-refractivity contribution in [2.24, 2.45) is 0 Å². The molecule has 6 heteroatoms. The van der Waals surface area contributed by atoms with Gasteiger partial charge in [-0.25, -0.2) is 0 Å². The highest BCUT2D eigenvalue weighted by Gasteiger charge is 2.36. The van der Waals surface area contributed by atoms with E-state index in [1.807, 2.05) is 0 Å². The molecule has 8 heterocycles. The standard InChI is InChI=1S/C78H46N6/c1-3-19-45(20-4-1)79(47-39-59-49-23-7-11-31-63(49)81-64-32-12-8-24-50(64)60(40-47)77(59)81)67-35-17-37-69-73(67)55-29-15-27-53-57-44-72-58(43-71(57)83(69)75(53)55)54-28-16-30-56-74-68(36-18-38-70(74)84(72)76(54)56)80(46-21-5-2-6-22-46)48-41-61-51-25-9-13-33-65(51)82-66-34-14-10-26-52(66)62(42-48)78(61)82/h1-44,49,63H. The number of fused-ring (bicyclic) bond motifs is 24. The van der Waals surface area contributed by atoms with Crippen molar-refractivity contribution in [3.63, 3.8) is 0 Å². The Hall–Kier alpha value is -11.1. The molecule has 0 amide bonds. The molecule has 2 atom stereocenters. The highest BCUT2D eigenvalue weighted by molar-refractivity contribution is 6.32. The van der Waals surface area contributed by atoms with Crippen molar-refractivity contribution in [3.05, 3.63) is 273 Å². The molecule has 2 aliphatic rings. The Labute approximate surface area is 479 Å². The van der Waals surface area contributed by atoms with Crippen LogP contribution < -0.4 is 9.80 Å². The smallest absolute Gasteiger partial charge is 0.0630 e. The molecule has 0 bridgehead atoms. The molecule has 1 aliphatic heterocycles. The van der Waals surface area contributed by atoms with Crippen LogP contribution >= 0.6 is 0 Å². The van der Waals surface area contributed by atoms with Gasteiger partial charge >= 0.3 is 0 Å². The van der Waals surface area contributed by atoms with Crippen molar-refractivity contribution >= 4 is 170 Å². The van der Waals surface area contributed by atoms with Gasteiger partial charge in [0.25, 0.3) is 0 Å². The molecule has 2 unspecified atom stereocenters. The summed E-state index contributed by atoms with van der Waals surface area (Å²) in [5.41, 5.74) is 22.0. The number of rotatable bonds is 6. The number of aromatic nitrogens is 4. The minimum Gasteiger partial charge on any atom is -0.332 e. The second-order valence-corrected chi connectivity index (χ2v) is 23.5. The molecule has 0 saturated heterocycles. The number of nitrogens with zero attached hydrogens (tertiary/aromatic N) is 6. The van der Waals surface area contributed by atoms with E-state index in [9.17, 15) is 0 Å². The first kappa shape index (κ1) is 43.7. The normalized spacial score (nSPS) is 15.3. The van der Waals surface area contributed by atoms with E-state index in [2.05, 4.69) is 295 Å². The highest BCUT2D eigenvalue weighted by atomic mass is 15.2. The first-order chi connectivity index (χ1) is 41.7. The minimum atomic E-state index is 0.248. The van der Waals surface area contributed by atoms with Crippen LogP contribution in [0.1, 0.15) is 17.5 Å². The second kappa shape index (κ2) is 15.5. The van der Waals surface area contributed by atoms with Gasteiger partial charge in [-0.3, -0.25) is 0 Å². The lowest BCUT2D eigenvalue weighted by Gasteiger charge is -2.27. The van der Waals surface area contributed by atoms with E-state index in [0.717, 1.165) is 22.7 Å². The third-order valence-electron chi connectivity index (χ3n) is 19.6. The molecule has 0 fully saturated rings.